The summed E-state index contributed by atoms with van der Waals surface area (Å²) >= 11 is 3.40. The van der Waals surface area contributed by atoms with E-state index in [1.165, 1.54) is 5.56 Å². The average molecular weight is 243 g/mol. The predicted octanol–water partition coefficient (Wildman–Crippen LogP) is 2.13. The van der Waals surface area contributed by atoms with E-state index in [1.807, 2.05) is 18.2 Å². The first kappa shape index (κ1) is 9.03. The van der Waals surface area contributed by atoms with E-state index < -0.39 is 6.10 Å². The largest absolute Gasteiger partial charge is 0.487 e. The first-order valence-electron chi connectivity index (χ1n) is 4.30. The maximum atomic E-state index is 9.36. The van der Waals surface area contributed by atoms with Gasteiger partial charge in [0.15, 0.2) is 0 Å². The highest BCUT2D eigenvalue weighted by molar-refractivity contribution is 9.10. The highest BCUT2D eigenvalue weighted by atomic mass is 79.9. The molecule has 0 saturated carbocycles. The monoisotopic (exact) mass is 242 g/mol. The minimum atomic E-state index is -0.411. The van der Waals surface area contributed by atoms with Crippen LogP contribution in [0.5, 0.6) is 5.75 Å². The average Bonchev–Trinajstić information content (AvgIpc) is 2.46. The maximum absolute atomic E-state index is 9.36. The molecule has 0 amide bonds. The fourth-order valence-electron chi connectivity index (χ4n) is 1.51. The van der Waals surface area contributed by atoms with Gasteiger partial charge < -0.3 is 9.84 Å². The Morgan fingerprint density at radius 1 is 1.62 bits per heavy atom. The van der Waals surface area contributed by atoms with Crippen molar-refractivity contribution in [2.45, 2.75) is 25.6 Å². The molecule has 70 valence electrons. The van der Waals surface area contributed by atoms with E-state index in [4.69, 9.17) is 4.74 Å². The molecule has 1 heterocycles. The molecule has 2 nitrogen and oxygen atoms in total. The Hall–Kier alpha value is -0.540. The summed E-state index contributed by atoms with van der Waals surface area (Å²) in [6.07, 6.45) is 0.308. The van der Waals surface area contributed by atoms with Gasteiger partial charge in [-0.1, -0.05) is 15.9 Å². The van der Waals surface area contributed by atoms with Crippen molar-refractivity contribution < 1.29 is 9.84 Å². The van der Waals surface area contributed by atoms with Crippen LogP contribution in [-0.2, 0) is 6.42 Å². The highest BCUT2D eigenvalue weighted by Crippen LogP contribution is 2.32. The molecule has 2 unspecified atom stereocenters. The number of ether oxygens (including phenoxy) is 1. The van der Waals surface area contributed by atoms with Crippen molar-refractivity contribution in [3.8, 4) is 5.75 Å². The summed E-state index contributed by atoms with van der Waals surface area (Å²) in [7, 11) is 0. The number of aliphatic hydroxyl groups excluding tert-OH is 1. The number of hydrogen-bond acceptors (Lipinski definition) is 2. The molecule has 0 radical (unpaired) electrons. The zero-order chi connectivity index (χ0) is 9.42. The third kappa shape index (κ3) is 1.71. The molecular weight excluding hydrogens is 232 g/mol. The van der Waals surface area contributed by atoms with Gasteiger partial charge in [0.25, 0.3) is 0 Å². The van der Waals surface area contributed by atoms with Crippen LogP contribution < -0.4 is 4.74 Å². The molecule has 0 bridgehead atoms. The number of fused-ring (bicyclic) bond motifs is 1. The maximum Gasteiger partial charge on any atom is 0.128 e. The molecule has 0 aromatic heterocycles. The van der Waals surface area contributed by atoms with Gasteiger partial charge in [-0.05, 0) is 30.7 Å². The Kier molecular flexibility index (Phi) is 2.30. The van der Waals surface area contributed by atoms with Crippen molar-refractivity contribution >= 4 is 15.9 Å². The second-order valence-corrected chi connectivity index (χ2v) is 4.27. The summed E-state index contributed by atoms with van der Waals surface area (Å²) in [5.41, 5.74) is 1.17. The van der Waals surface area contributed by atoms with Gasteiger partial charge in [0.05, 0.1) is 6.10 Å². The fourth-order valence-corrected chi connectivity index (χ4v) is 1.92. The molecule has 1 N–H and O–H groups in total. The molecule has 2 rings (SSSR count). The number of halogens is 1. The van der Waals surface area contributed by atoms with Gasteiger partial charge in [-0.2, -0.15) is 0 Å². The van der Waals surface area contributed by atoms with E-state index in [9.17, 15) is 5.11 Å². The molecule has 1 aliphatic heterocycles. The SMILES string of the molecule is CC(O)C1Cc2cc(Br)ccc2O1. The first-order valence-corrected chi connectivity index (χ1v) is 5.09. The lowest BCUT2D eigenvalue weighted by Gasteiger charge is -2.12. The van der Waals surface area contributed by atoms with Crippen LogP contribution in [0.3, 0.4) is 0 Å². The smallest absolute Gasteiger partial charge is 0.128 e. The molecule has 1 aromatic rings. The molecule has 0 fully saturated rings. The van der Waals surface area contributed by atoms with E-state index >= 15 is 0 Å². The lowest BCUT2D eigenvalue weighted by atomic mass is 10.1. The molecular formula is C10H11BrO2. The molecule has 1 aromatic carbocycles. The molecule has 13 heavy (non-hydrogen) atoms. The van der Waals surface area contributed by atoms with Crippen LogP contribution in [0.25, 0.3) is 0 Å². The molecule has 1 aliphatic rings. The van der Waals surface area contributed by atoms with Gasteiger partial charge in [-0.15, -0.1) is 0 Å². The van der Waals surface area contributed by atoms with Crippen molar-refractivity contribution in [1.29, 1.82) is 0 Å². The van der Waals surface area contributed by atoms with E-state index in [0.29, 0.717) is 0 Å². The summed E-state index contributed by atoms with van der Waals surface area (Å²) in [5, 5.41) is 9.36. The Balaban J connectivity index is 2.25. The normalized spacial score (nSPS) is 22.2. The van der Waals surface area contributed by atoms with Crippen LogP contribution in [0, 0.1) is 0 Å². The molecule has 0 saturated heterocycles. The highest BCUT2D eigenvalue weighted by Gasteiger charge is 2.26. The summed E-state index contributed by atoms with van der Waals surface area (Å²) < 4.78 is 6.61. The molecule has 0 aliphatic carbocycles. The van der Waals surface area contributed by atoms with Gasteiger partial charge in [-0.25, -0.2) is 0 Å². The van der Waals surface area contributed by atoms with Crippen LogP contribution in [0.2, 0.25) is 0 Å². The second kappa shape index (κ2) is 3.31. The van der Waals surface area contributed by atoms with Gasteiger partial charge in [0.1, 0.15) is 11.9 Å². The van der Waals surface area contributed by atoms with Crippen LogP contribution >= 0.6 is 15.9 Å². The van der Waals surface area contributed by atoms with Crippen LogP contribution in [-0.4, -0.2) is 17.3 Å². The van der Waals surface area contributed by atoms with E-state index in [2.05, 4.69) is 15.9 Å². The molecule has 3 heteroatoms. The minimum Gasteiger partial charge on any atom is -0.487 e. The lowest BCUT2D eigenvalue weighted by molar-refractivity contribution is 0.0632. The zero-order valence-corrected chi connectivity index (χ0v) is 8.91. The third-order valence-corrected chi connectivity index (χ3v) is 2.75. The summed E-state index contributed by atoms with van der Waals surface area (Å²) in [6, 6.07) is 5.92. The molecule has 0 spiro atoms. The first-order chi connectivity index (χ1) is 6.16. The second-order valence-electron chi connectivity index (χ2n) is 3.35. The Bertz CT molecular complexity index is 323. The van der Waals surface area contributed by atoms with Gasteiger partial charge in [0.2, 0.25) is 0 Å². The quantitative estimate of drug-likeness (QED) is 0.818. The number of aliphatic hydroxyl groups is 1. The minimum absolute atomic E-state index is 0.0794. The van der Waals surface area contributed by atoms with Crippen LogP contribution in [0.4, 0.5) is 0 Å². The Morgan fingerprint density at radius 3 is 3.08 bits per heavy atom. The van der Waals surface area contributed by atoms with Crippen molar-refractivity contribution in [2.75, 3.05) is 0 Å². The van der Waals surface area contributed by atoms with Crippen molar-refractivity contribution in [3.05, 3.63) is 28.2 Å². The predicted molar refractivity (Wildman–Crippen MR) is 53.9 cm³/mol. The fraction of sp³-hybridized carbons (Fsp3) is 0.400. The summed E-state index contributed by atoms with van der Waals surface area (Å²) in [6.45, 7) is 1.76. The number of benzene rings is 1. The van der Waals surface area contributed by atoms with Crippen molar-refractivity contribution in [1.82, 2.24) is 0 Å². The standard InChI is InChI=1S/C10H11BrO2/c1-6(12)10-5-7-4-8(11)2-3-9(7)13-10/h2-4,6,10,12H,5H2,1H3. The zero-order valence-electron chi connectivity index (χ0n) is 7.33. The van der Waals surface area contributed by atoms with E-state index in [1.54, 1.807) is 6.92 Å². The Morgan fingerprint density at radius 2 is 2.38 bits per heavy atom. The van der Waals surface area contributed by atoms with E-state index in [0.717, 1.165) is 16.6 Å². The number of hydrogen-bond donors (Lipinski definition) is 1. The van der Waals surface area contributed by atoms with Gasteiger partial charge >= 0.3 is 0 Å². The van der Waals surface area contributed by atoms with E-state index in [-0.39, 0.29) is 6.10 Å². The number of rotatable bonds is 1. The van der Waals surface area contributed by atoms with Crippen molar-refractivity contribution in [3.63, 3.8) is 0 Å². The van der Waals surface area contributed by atoms with Crippen LogP contribution in [0.1, 0.15) is 12.5 Å². The van der Waals surface area contributed by atoms with Crippen molar-refractivity contribution in [2.24, 2.45) is 0 Å². The topological polar surface area (TPSA) is 29.5 Å². The van der Waals surface area contributed by atoms with Crippen LogP contribution in [0.15, 0.2) is 22.7 Å². The Labute approximate surface area is 85.7 Å². The third-order valence-electron chi connectivity index (χ3n) is 2.26. The molecule has 2 atom stereocenters. The van der Waals surface area contributed by atoms with Gasteiger partial charge in [-0.3, -0.25) is 0 Å². The lowest BCUT2D eigenvalue weighted by Crippen LogP contribution is -2.26. The summed E-state index contributed by atoms with van der Waals surface area (Å²) in [4.78, 5) is 0. The van der Waals surface area contributed by atoms with Gasteiger partial charge in [0, 0.05) is 10.9 Å². The summed E-state index contributed by atoms with van der Waals surface area (Å²) in [5.74, 6) is 0.897.